The van der Waals surface area contributed by atoms with Gasteiger partial charge in [0.05, 0.1) is 5.60 Å². The fourth-order valence-electron chi connectivity index (χ4n) is 1.27. The van der Waals surface area contributed by atoms with Crippen molar-refractivity contribution in [2.45, 2.75) is 30.6 Å². The molecule has 0 aromatic carbocycles. The zero-order valence-electron chi connectivity index (χ0n) is 6.34. The Morgan fingerprint density at radius 3 is 2.80 bits per heavy atom. The minimum Gasteiger partial charge on any atom is -0.387 e. The molecule has 0 aliphatic heterocycles. The van der Waals surface area contributed by atoms with E-state index in [4.69, 9.17) is 5.73 Å². The Morgan fingerprint density at radius 2 is 2.50 bits per heavy atom. The van der Waals surface area contributed by atoms with Gasteiger partial charge in [-0.1, -0.05) is 6.92 Å². The third-order valence-electron chi connectivity index (χ3n) is 2.16. The van der Waals surface area contributed by atoms with E-state index in [1.807, 2.05) is 11.8 Å². The first-order valence-electron chi connectivity index (χ1n) is 3.77. The van der Waals surface area contributed by atoms with Crippen LogP contribution < -0.4 is 5.73 Å². The lowest BCUT2D eigenvalue weighted by Crippen LogP contribution is -2.55. The van der Waals surface area contributed by atoms with Gasteiger partial charge in [-0.15, -0.1) is 0 Å². The Kier molecular flexibility index (Phi) is 2.61. The second kappa shape index (κ2) is 3.11. The van der Waals surface area contributed by atoms with Gasteiger partial charge >= 0.3 is 0 Å². The topological polar surface area (TPSA) is 46.2 Å². The van der Waals surface area contributed by atoms with Crippen LogP contribution in [0.5, 0.6) is 0 Å². The molecule has 1 fully saturated rings. The van der Waals surface area contributed by atoms with Crippen molar-refractivity contribution in [2.75, 3.05) is 12.3 Å². The maximum atomic E-state index is 9.66. The van der Waals surface area contributed by atoms with Crippen LogP contribution >= 0.6 is 11.8 Å². The number of aliphatic hydroxyl groups is 1. The molecule has 0 unspecified atom stereocenters. The first-order valence-corrected chi connectivity index (χ1v) is 4.82. The molecule has 2 nitrogen and oxygen atoms in total. The van der Waals surface area contributed by atoms with Gasteiger partial charge in [0, 0.05) is 11.8 Å². The number of hydrogen-bond donors (Lipinski definition) is 2. The van der Waals surface area contributed by atoms with Crippen LogP contribution in [0.4, 0.5) is 0 Å². The lowest BCUT2D eigenvalue weighted by molar-refractivity contribution is -0.0158. The minimum atomic E-state index is -0.527. The highest BCUT2D eigenvalue weighted by molar-refractivity contribution is 8.00. The van der Waals surface area contributed by atoms with Crippen molar-refractivity contribution in [3.8, 4) is 0 Å². The van der Waals surface area contributed by atoms with E-state index >= 15 is 0 Å². The van der Waals surface area contributed by atoms with Gasteiger partial charge in [0.1, 0.15) is 0 Å². The van der Waals surface area contributed by atoms with Crippen LogP contribution in [0.3, 0.4) is 0 Å². The zero-order chi connectivity index (χ0) is 7.61. The predicted octanol–water partition coefficient (Wildman–Crippen LogP) is 0.592. The van der Waals surface area contributed by atoms with Gasteiger partial charge in [-0.2, -0.15) is 11.8 Å². The first-order chi connectivity index (χ1) is 4.73. The summed E-state index contributed by atoms with van der Waals surface area (Å²) in [5.41, 5.74) is 4.90. The maximum absolute atomic E-state index is 9.66. The summed E-state index contributed by atoms with van der Waals surface area (Å²) in [7, 11) is 0. The van der Waals surface area contributed by atoms with Gasteiger partial charge in [0.15, 0.2) is 0 Å². The molecule has 1 aliphatic carbocycles. The third-order valence-corrected chi connectivity index (χ3v) is 3.57. The highest BCUT2D eigenvalue weighted by Crippen LogP contribution is 2.40. The predicted molar refractivity (Wildman–Crippen MR) is 45.2 cm³/mol. The minimum absolute atomic E-state index is 0.405. The fraction of sp³-hybridized carbons (Fsp3) is 1.00. The average molecular weight is 161 g/mol. The van der Waals surface area contributed by atoms with Gasteiger partial charge in [-0.25, -0.2) is 0 Å². The van der Waals surface area contributed by atoms with E-state index < -0.39 is 5.60 Å². The van der Waals surface area contributed by atoms with E-state index in [9.17, 15) is 5.11 Å². The summed E-state index contributed by atoms with van der Waals surface area (Å²) in [5.74, 6) is 1.08. The van der Waals surface area contributed by atoms with Crippen molar-refractivity contribution in [3.05, 3.63) is 0 Å². The Balaban J connectivity index is 2.34. The number of hydrogen-bond acceptors (Lipinski definition) is 3. The summed E-state index contributed by atoms with van der Waals surface area (Å²) in [6.07, 6.45) is 2.02. The summed E-state index contributed by atoms with van der Waals surface area (Å²) >= 11 is 1.82. The van der Waals surface area contributed by atoms with Crippen LogP contribution in [0.2, 0.25) is 0 Å². The summed E-state index contributed by atoms with van der Waals surface area (Å²) in [5, 5.41) is 10.1. The molecule has 10 heavy (non-hydrogen) atoms. The van der Waals surface area contributed by atoms with Crippen LogP contribution in [-0.2, 0) is 0 Å². The van der Waals surface area contributed by atoms with Crippen LogP contribution in [0, 0.1) is 0 Å². The second-order valence-corrected chi connectivity index (χ2v) is 4.27. The summed E-state index contributed by atoms with van der Waals surface area (Å²) < 4.78 is 0. The van der Waals surface area contributed by atoms with Crippen LogP contribution in [0.1, 0.15) is 19.8 Å². The Hall–Kier alpha value is 0.270. The normalized spacial score (nSPS) is 39.3. The number of nitrogens with two attached hydrogens (primary N) is 1. The van der Waals surface area contributed by atoms with Crippen molar-refractivity contribution in [3.63, 3.8) is 0 Å². The van der Waals surface area contributed by atoms with Crippen molar-refractivity contribution in [1.29, 1.82) is 0 Å². The zero-order valence-corrected chi connectivity index (χ0v) is 7.16. The molecule has 0 radical (unpaired) electrons. The molecular weight excluding hydrogens is 146 g/mol. The third kappa shape index (κ3) is 1.31. The van der Waals surface area contributed by atoms with Crippen molar-refractivity contribution >= 4 is 11.8 Å². The van der Waals surface area contributed by atoms with E-state index in [1.54, 1.807) is 0 Å². The molecule has 0 saturated heterocycles. The Labute approximate surface area is 66.2 Å². The molecule has 0 bridgehead atoms. The maximum Gasteiger partial charge on any atom is 0.0887 e. The molecule has 2 atom stereocenters. The largest absolute Gasteiger partial charge is 0.387 e. The molecular formula is C7H15NOS. The molecule has 0 aromatic rings. The number of thioether (sulfide) groups is 1. The van der Waals surface area contributed by atoms with Gasteiger partial charge in [0.2, 0.25) is 0 Å². The van der Waals surface area contributed by atoms with E-state index in [-0.39, 0.29) is 0 Å². The van der Waals surface area contributed by atoms with E-state index in [2.05, 4.69) is 6.92 Å². The van der Waals surface area contributed by atoms with Crippen LogP contribution in [0.25, 0.3) is 0 Å². The quantitative estimate of drug-likeness (QED) is 0.637. The summed E-state index contributed by atoms with van der Waals surface area (Å²) in [4.78, 5) is 0. The molecule has 1 rings (SSSR count). The summed E-state index contributed by atoms with van der Waals surface area (Å²) in [6.45, 7) is 2.53. The smallest absolute Gasteiger partial charge is 0.0887 e. The molecule has 0 spiro atoms. The molecule has 0 heterocycles. The van der Waals surface area contributed by atoms with Gasteiger partial charge in [-0.3, -0.25) is 0 Å². The van der Waals surface area contributed by atoms with Crippen LogP contribution in [0.15, 0.2) is 0 Å². The molecule has 1 aliphatic rings. The highest BCUT2D eigenvalue weighted by Gasteiger charge is 2.43. The van der Waals surface area contributed by atoms with E-state index in [1.165, 1.54) is 0 Å². The van der Waals surface area contributed by atoms with Crippen molar-refractivity contribution in [2.24, 2.45) is 5.73 Å². The lowest BCUT2D eigenvalue weighted by atomic mass is 9.80. The average Bonchev–Trinajstić information content (AvgIpc) is 1.96. The van der Waals surface area contributed by atoms with Gasteiger partial charge in [0.25, 0.3) is 0 Å². The second-order valence-electron chi connectivity index (χ2n) is 2.79. The van der Waals surface area contributed by atoms with Crippen molar-refractivity contribution < 1.29 is 5.11 Å². The van der Waals surface area contributed by atoms with E-state index in [0.29, 0.717) is 11.8 Å². The molecule has 0 amide bonds. The molecule has 60 valence electrons. The SMILES string of the molecule is CCS[C@H]1CC[C@]1(O)CN. The molecule has 0 aromatic heterocycles. The standard InChI is InChI=1S/C7H15NOS/c1-2-10-6-3-4-7(6,9)5-8/h6,9H,2-5,8H2,1H3/t6-,7-/m0/s1. The molecule has 1 saturated carbocycles. The highest BCUT2D eigenvalue weighted by atomic mass is 32.2. The summed E-state index contributed by atoms with van der Waals surface area (Å²) in [6, 6.07) is 0. The lowest BCUT2D eigenvalue weighted by Gasteiger charge is -2.44. The Morgan fingerprint density at radius 1 is 1.80 bits per heavy atom. The first kappa shape index (κ1) is 8.37. The van der Waals surface area contributed by atoms with Gasteiger partial charge < -0.3 is 10.8 Å². The monoisotopic (exact) mass is 161 g/mol. The number of rotatable bonds is 3. The van der Waals surface area contributed by atoms with Gasteiger partial charge in [-0.05, 0) is 18.6 Å². The van der Waals surface area contributed by atoms with Crippen molar-refractivity contribution in [1.82, 2.24) is 0 Å². The molecule has 3 heteroatoms. The Bertz CT molecular complexity index is 116. The van der Waals surface area contributed by atoms with E-state index in [0.717, 1.165) is 18.6 Å². The fourth-order valence-corrected chi connectivity index (χ4v) is 2.48. The van der Waals surface area contributed by atoms with Crippen LogP contribution in [-0.4, -0.2) is 28.3 Å². The molecule has 3 N–H and O–H groups in total.